The number of alkyl halides is 3. The molecule has 0 saturated heterocycles. The van der Waals surface area contributed by atoms with Gasteiger partial charge in [-0.05, 0) is 30.0 Å². The van der Waals surface area contributed by atoms with E-state index in [1.165, 1.54) is 24.3 Å². The van der Waals surface area contributed by atoms with Gasteiger partial charge in [-0.3, -0.25) is 0 Å². The molecule has 0 fully saturated rings. The van der Waals surface area contributed by atoms with Gasteiger partial charge in [-0.15, -0.1) is 0 Å². The number of methoxy groups -OCH3 is 1. The fourth-order valence-corrected chi connectivity index (χ4v) is 2.18. The molecule has 0 spiro atoms. The maximum Gasteiger partial charge on any atom is 1.00 e. The number of rotatable bonds is 6. The van der Waals surface area contributed by atoms with Crippen molar-refractivity contribution in [3.63, 3.8) is 0 Å². The van der Waals surface area contributed by atoms with Crippen LogP contribution in [0.3, 0.4) is 0 Å². The first-order chi connectivity index (χ1) is 10.1. The van der Waals surface area contributed by atoms with Crippen LogP contribution in [0, 0.1) is 5.92 Å². The molecule has 1 aromatic rings. The Morgan fingerprint density at radius 1 is 1.26 bits per heavy atom. The standard InChI is InChI=1S/C15H18BrF3O3.Na.H/c1-9(2)8-12(14(20)21-3)22-13(15(17,18)19)10-4-6-11(16)7-5-10;;/h4-7,9,12-13H,8H2,1-3H3;;/q;+1;-1. The molecule has 0 aromatic heterocycles. The van der Waals surface area contributed by atoms with E-state index in [-0.39, 0.29) is 48.9 Å². The van der Waals surface area contributed by atoms with Crippen molar-refractivity contribution in [3.8, 4) is 0 Å². The molecule has 2 atom stereocenters. The second kappa shape index (κ2) is 10.0. The summed E-state index contributed by atoms with van der Waals surface area (Å²) in [6, 6.07) is 5.61. The van der Waals surface area contributed by atoms with E-state index in [1.54, 1.807) is 13.8 Å². The van der Waals surface area contributed by atoms with Crippen LogP contribution in [0.15, 0.2) is 28.7 Å². The van der Waals surface area contributed by atoms with Crippen molar-refractivity contribution < 1.29 is 58.4 Å². The summed E-state index contributed by atoms with van der Waals surface area (Å²) in [5, 5.41) is 0. The number of benzene rings is 1. The van der Waals surface area contributed by atoms with Crippen LogP contribution in [0.25, 0.3) is 0 Å². The van der Waals surface area contributed by atoms with Gasteiger partial charge in [0.25, 0.3) is 0 Å². The maximum atomic E-state index is 13.3. The minimum Gasteiger partial charge on any atom is -1.00 e. The molecule has 0 radical (unpaired) electrons. The van der Waals surface area contributed by atoms with Gasteiger partial charge in [0.2, 0.25) is 0 Å². The molecule has 0 bridgehead atoms. The Morgan fingerprint density at radius 2 is 1.78 bits per heavy atom. The summed E-state index contributed by atoms with van der Waals surface area (Å²) in [7, 11) is 1.13. The van der Waals surface area contributed by atoms with Crippen LogP contribution in [0.1, 0.15) is 33.4 Å². The van der Waals surface area contributed by atoms with Gasteiger partial charge in [-0.1, -0.05) is 41.9 Å². The number of halogens is 4. The number of ether oxygens (including phenoxy) is 2. The summed E-state index contributed by atoms with van der Waals surface area (Å²) in [5.74, 6) is -0.817. The van der Waals surface area contributed by atoms with Crippen LogP contribution in [-0.2, 0) is 14.3 Å². The average molecular weight is 407 g/mol. The van der Waals surface area contributed by atoms with Crippen molar-refractivity contribution in [1.82, 2.24) is 0 Å². The molecule has 0 heterocycles. The Kier molecular flexibility index (Phi) is 10.00. The molecule has 0 N–H and O–H groups in total. The van der Waals surface area contributed by atoms with Gasteiger partial charge in [0.05, 0.1) is 7.11 Å². The minimum atomic E-state index is -4.63. The largest absolute Gasteiger partial charge is 1.00 e. The Hall–Kier alpha value is -0.0800. The number of esters is 1. The third-order valence-corrected chi connectivity index (χ3v) is 3.45. The summed E-state index contributed by atoms with van der Waals surface area (Å²) in [6.45, 7) is 3.59. The SMILES string of the molecule is COC(=O)C(CC(C)C)OC(c1ccc(Br)cc1)C(F)(F)F.[H-].[Na+]. The number of carbonyl (C=O) groups is 1. The van der Waals surface area contributed by atoms with Gasteiger partial charge in [0.1, 0.15) is 0 Å². The fourth-order valence-electron chi connectivity index (χ4n) is 1.91. The second-order valence-corrected chi connectivity index (χ2v) is 6.17. The van der Waals surface area contributed by atoms with E-state index in [0.29, 0.717) is 4.47 Å². The molecule has 0 amide bonds. The van der Waals surface area contributed by atoms with Crippen LogP contribution >= 0.6 is 15.9 Å². The van der Waals surface area contributed by atoms with Gasteiger partial charge in [-0.2, -0.15) is 13.2 Å². The summed E-state index contributed by atoms with van der Waals surface area (Å²) < 4.78 is 50.1. The van der Waals surface area contributed by atoms with E-state index in [1.807, 2.05) is 0 Å². The minimum absolute atomic E-state index is 0. The Morgan fingerprint density at radius 3 is 2.17 bits per heavy atom. The van der Waals surface area contributed by atoms with Crippen LogP contribution in [0.2, 0.25) is 0 Å². The van der Waals surface area contributed by atoms with Gasteiger partial charge >= 0.3 is 41.7 Å². The molecule has 2 unspecified atom stereocenters. The third-order valence-electron chi connectivity index (χ3n) is 2.92. The van der Waals surface area contributed by atoms with Gasteiger partial charge in [0.15, 0.2) is 12.2 Å². The number of carbonyl (C=O) groups excluding carboxylic acids is 1. The molecule has 0 aliphatic heterocycles. The number of hydrogen-bond acceptors (Lipinski definition) is 3. The topological polar surface area (TPSA) is 35.5 Å². The predicted octanol–water partition coefficient (Wildman–Crippen LogP) is 1.77. The first kappa shape index (κ1) is 22.9. The Balaban J connectivity index is 0. The zero-order valence-electron chi connectivity index (χ0n) is 14.5. The molecule has 0 saturated carbocycles. The number of hydrogen-bond donors (Lipinski definition) is 0. The van der Waals surface area contributed by atoms with Gasteiger partial charge in [-0.25, -0.2) is 4.79 Å². The summed E-state index contributed by atoms with van der Waals surface area (Å²) in [5.41, 5.74) is -0.0617. The van der Waals surface area contributed by atoms with Crippen molar-refractivity contribution in [2.75, 3.05) is 7.11 Å². The van der Waals surface area contributed by atoms with Crippen molar-refractivity contribution >= 4 is 21.9 Å². The van der Waals surface area contributed by atoms with Crippen molar-refractivity contribution in [2.24, 2.45) is 5.92 Å². The third kappa shape index (κ3) is 7.56. The van der Waals surface area contributed by atoms with E-state index in [9.17, 15) is 18.0 Å². The zero-order valence-corrected chi connectivity index (χ0v) is 17.1. The first-order valence-corrected chi connectivity index (χ1v) is 7.50. The predicted molar refractivity (Wildman–Crippen MR) is 80.4 cm³/mol. The van der Waals surface area contributed by atoms with Crippen molar-refractivity contribution in [2.45, 2.75) is 38.7 Å². The molecule has 0 aliphatic rings. The Bertz CT molecular complexity index is 498. The molecular weight excluding hydrogens is 388 g/mol. The molecule has 1 aromatic carbocycles. The molecule has 8 heteroatoms. The first-order valence-electron chi connectivity index (χ1n) is 6.70. The van der Waals surface area contributed by atoms with Crippen LogP contribution in [0.4, 0.5) is 13.2 Å². The van der Waals surface area contributed by atoms with E-state index in [4.69, 9.17) is 4.74 Å². The van der Waals surface area contributed by atoms with Crippen LogP contribution < -0.4 is 29.6 Å². The second-order valence-electron chi connectivity index (χ2n) is 5.25. The molecule has 3 nitrogen and oxygen atoms in total. The smallest absolute Gasteiger partial charge is 1.00 e. The normalized spacial score (nSPS) is 14.1. The van der Waals surface area contributed by atoms with Crippen LogP contribution in [-0.4, -0.2) is 25.4 Å². The van der Waals surface area contributed by atoms with Crippen molar-refractivity contribution in [3.05, 3.63) is 34.3 Å². The van der Waals surface area contributed by atoms with E-state index >= 15 is 0 Å². The molecule has 0 aliphatic carbocycles. The van der Waals surface area contributed by atoms with E-state index < -0.39 is 24.4 Å². The maximum absolute atomic E-state index is 13.3. The molecule has 23 heavy (non-hydrogen) atoms. The molecule has 126 valence electrons. The van der Waals surface area contributed by atoms with Crippen molar-refractivity contribution in [1.29, 1.82) is 0 Å². The summed E-state index contributed by atoms with van der Waals surface area (Å²) in [4.78, 5) is 11.7. The Labute approximate surface area is 165 Å². The van der Waals surface area contributed by atoms with E-state index in [2.05, 4.69) is 20.7 Å². The average Bonchev–Trinajstić information content (AvgIpc) is 2.42. The van der Waals surface area contributed by atoms with Gasteiger partial charge < -0.3 is 10.9 Å². The molecule has 1 rings (SSSR count). The zero-order chi connectivity index (χ0) is 16.9. The fraction of sp³-hybridized carbons (Fsp3) is 0.533. The summed E-state index contributed by atoms with van der Waals surface area (Å²) >= 11 is 3.17. The monoisotopic (exact) mass is 406 g/mol. The summed E-state index contributed by atoms with van der Waals surface area (Å²) in [6.07, 6.45) is -7.92. The quantitative estimate of drug-likeness (QED) is 0.533. The van der Waals surface area contributed by atoms with Gasteiger partial charge in [0, 0.05) is 4.47 Å². The molecular formula is C15H19BrF3NaO3. The van der Waals surface area contributed by atoms with E-state index in [0.717, 1.165) is 7.11 Å². The van der Waals surface area contributed by atoms with Crippen LogP contribution in [0.5, 0.6) is 0 Å².